The summed E-state index contributed by atoms with van der Waals surface area (Å²) in [6.45, 7) is 2.41. The number of aromatic nitrogens is 2. The van der Waals surface area contributed by atoms with Gasteiger partial charge in [0.25, 0.3) is 6.43 Å². The highest BCUT2D eigenvalue weighted by molar-refractivity contribution is 5.20. The van der Waals surface area contributed by atoms with Gasteiger partial charge in [0.15, 0.2) is 0 Å². The van der Waals surface area contributed by atoms with E-state index in [0.29, 0.717) is 18.0 Å². The highest BCUT2D eigenvalue weighted by atomic mass is 19.3. The molecule has 1 aromatic rings. The monoisotopic (exact) mass is 229 g/mol. The Bertz CT molecular complexity index is 358. The van der Waals surface area contributed by atoms with Gasteiger partial charge in [-0.2, -0.15) is 5.10 Å². The molecule has 0 amide bonds. The summed E-state index contributed by atoms with van der Waals surface area (Å²) in [5, 5.41) is 7.00. The fourth-order valence-corrected chi connectivity index (χ4v) is 2.08. The molecule has 0 aromatic carbocycles. The third-order valence-electron chi connectivity index (χ3n) is 3.18. The molecule has 0 spiro atoms. The Kier molecular flexibility index (Phi) is 3.23. The first-order valence-corrected chi connectivity index (χ1v) is 5.64. The van der Waals surface area contributed by atoms with E-state index in [-0.39, 0.29) is 11.7 Å². The minimum Gasteiger partial charge on any atom is -0.316 e. The van der Waals surface area contributed by atoms with E-state index in [4.69, 9.17) is 0 Å². The summed E-state index contributed by atoms with van der Waals surface area (Å²) < 4.78 is 27.5. The van der Waals surface area contributed by atoms with Gasteiger partial charge in [0.2, 0.25) is 0 Å². The van der Waals surface area contributed by atoms with Crippen molar-refractivity contribution in [3.05, 3.63) is 17.5 Å². The van der Waals surface area contributed by atoms with Gasteiger partial charge in [0.05, 0.1) is 12.2 Å². The normalized spacial score (nSPS) is 18.1. The molecule has 90 valence electrons. The number of hydrogen-bond donors (Lipinski definition) is 1. The quantitative estimate of drug-likeness (QED) is 0.840. The van der Waals surface area contributed by atoms with Gasteiger partial charge in [-0.3, -0.25) is 4.68 Å². The van der Waals surface area contributed by atoms with Gasteiger partial charge in [-0.25, -0.2) is 8.78 Å². The van der Waals surface area contributed by atoms with Crippen LogP contribution in [0.2, 0.25) is 0 Å². The lowest BCUT2D eigenvalue weighted by Gasteiger charge is -2.15. The van der Waals surface area contributed by atoms with Crippen LogP contribution in [0.3, 0.4) is 0 Å². The van der Waals surface area contributed by atoms with Crippen molar-refractivity contribution in [2.24, 2.45) is 5.92 Å². The van der Waals surface area contributed by atoms with Crippen molar-refractivity contribution in [1.82, 2.24) is 15.1 Å². The van der Waals surface area contributed by atoms with Crippen LogP contribution in [0.5, 0.6) is 0 Å². The van der Waals surface area contributed by atoms with Gasteiger partial charge in [-0.15, -0.1) is 0 Å². The van der Waals surface area contributed by atoms with Crippen LogP contribution in [0.4, 0.5) is 8.78 Å². The van der Waals surface area contributed by atoms with Crippen molar-refractivity contribution >= 4 is 0 Å². The lowest BCUT2D eigenvalue weighted by Crippen LogP contribution is -2.15. The van der Waals surface area contributed by atoms with Gasteiger partial charge in [0.1, 0.15) is 5.69 Å². The minimum atomic E-state index is -2.45. The molecule has 1 heterocycles. The molecule has 1 fully saturated rings. The number of rotatable bonds is 5. The summed E-state index contributed by atoms with van der Waals surface area (Å²) in [5.74, 6) is 0.528. The number of halogens is 2. The van der Waals surface area contributed by atoms with E-state index in [2.05, 4.69) is 10.4 Å². The topological polar surface area (TPSA) is 29.9 Å². The van der Waals surface area contributed by atoms with Crippen LogP contribution in [0.15, 0.2) is 6.20 Å². The number of nitrogens with zero attached hydrogens (tertiary/aromatic N) is 2. The predicted molar refractivity (Wildman–Crippen MR) is 57.4 cm³/mol. The summed E-state index contributed by atoms with van der Waals surface area (Å²) in [5.41, 5.74) is 0.679. The molecule has 1 N–H and O–H groups in total. The summed E-state index contributed by atoms with van der Waals surface area (Å²) in [6.07, 6.45) is 1.36. The Morgan fingerprint density at radius 3 is 2.75 bits per heavy atom. The Morgan fingerprint density at radius 2 is 2.25 bits per heavy atom. The molecule has 1 atom stereocenters. The van der Waals surface area contributed by atoms with Crippen LogP contribution < -0.4 is 5.32 Å². The molecular formula is C11H17F2N3. The number of alkyl halides is 2. The van der Waals surface area contributed by atoms with Crippen molar-refractivity contribution < 1.29 is 8.78 Å². The smallest absolute Gasteiger partial charge is 0.280 e. The molecule has 3 nitrogen and oxygen atoms in total. The SMILES string of the molecule is CNCc1cnn(C(C)C2CC2)c1C(F)F. The third-order valence-corrected chi connectivity index (χ3v) is 3.18. The molecule has 0 saturated heterocycles. The van der Waals surface area contributed by atoms with Gasteiger partial charge >= 0.3 is 0 Å². The Labute approximate surface area is 93.8 Å². The first kappa shape index (κ1) is 11.5. The first-order valence-electron chi connectivity index (χ1n) is 5.64. The maximum Gasteiger partial charge on any atom is 0.280 e. The van der Waals surface area contributed by atoms with Gasteiger partial charge in [0, 0.05) is 12.1 Å². The Morgan fingerprint density at radius 1 is 1.56 bits per heavy atom. The fourth-order valence-electron chi connectivity index (χ4n) is 2.08. The van der Waals surface area contributed by atoms with Crippen molar-refractivity contribution in [2.75, 3.05) is 7.05 Å². The zero-order valence-electron chi connectivity index (χ0n) is 9.58. The van der Waals surface area contributed by atoms with Gasteiger partial charge in [-0.1, -0.05) is 0 Å². The third kappa shape index (κ3) is 2.09. The second-order valence-electron chi connectivity index (χ2n) is 4.41. The van der Waals surface area contributed by atoms with Crippen LogP contribution in [0.1, 0.15) is 43.5 Å². The summed E-state index contributed by atoms with van der Waals surface area (Å²) in [7, 11) is 1.75. The molecule has 0 bridgehead atoms. The molecule has 2 rings (SSSR count). The van der Waals surface area contributed by atoms with E-state index in [1.54, 1.807) is 13.2 Å². The fraction of sp³-hybridized carbons (Fsp3) is 0.727. The van der Waals surface area contributed by atoms with Gasteiger partial charge < -0.3 is 5.32 Å². The van der Waals surface area contributed by atoms with Crippen LogP contribution in [0, 0.1) is 5.92 Å². The number of nitrogens with one attached hydrogen (secondary N) is 1. The largest absolute Gasteiger partial charge is 0.316 e. The van der Waals surface area contributed by atoms with E-state index < -0.39 is 6.43 Å². The molecule has 1 saturated carbocycles. The standard InChI is InChI=1S/C11H17F2N3/c1-7(8-3-4-8)16-10(11(12)13)9(5-14-2)6-15-16/h6-8,11,14H,3-5H2,1-2H3. The molecule has 1 unspecified atom stereocenters. The highest BCUT2D eigenvalue weighted by Crippen LogP contribution is 2.41. The van der Waals surface area contributed by atoms with Crippen LogP contribution in [-0.4, -0.2) is 16.8 Å². The highest BCUT2D eigenvalue weighted by Gasteiger charge is 2.33. The zero-order chi connectivity index (χ0) is 11.7. The molecule has 5 heteroatoms. The summed E-state index contributed by atoms with van der Waals surface area (Å²) in [6, 6.07) is 0.0922. The Balaban J connectivity index is 2.28. The molecule has 1 aromatic heterocycles. The maximum absolute atomic E-state index is 13.0. The average Bonchev–Trinajstić information content (AvgIpc) is 2.99. The molecule has 0 radical (unpaired) electrons. The lowest BCUT2D eigenvalue weighted by molar-refractivity contribution is 0.134. The van der Waals surface area contributed by atoms with E-state index >= 15 is 0 Å². The van der Waals surface area contributed by atoms with Gasteiger partial charge in [-0.05, 0) is 32.7 Å². The van der Waals surface area contributed by atoms with E-state index in [0.717, 1.165) is 12.8 Å². The van der Waals surface area contributed by atoms with Crippen LogP contribution in [0.25, 0.3) is 0 Å². The van der Waals surface area contributed by atoms with Crippen LogP contribution >= 0.6 is 0 Å². The molecule has 1 aliphatic rings. The van der Waals surface area contributed by atoms with Crippen molar-refractivity contribution in [3.8, 4) is 0 Å². The zero-order valence-corrected chi connectivity index (χ0v) is 9.58. The number of hydrogen-bond acceptors (Lipinski definition) is 2. The molecule has 1 aliphatic carbocycles. The van der Waals surface area contributed by atoms with Crippen molar-refractivity contribution in [2.45, 2.75) is 38.8 Å². The van der Waals surface area contributed by atoms with E-state index in [1.165, 1.54) is 4.68 Å². The summed E-state index contributed by atoms with van der Waals surface area (Å²) in [4.78, 5) is 0. The Hall–Kier alpha value is -0.970. The molecule has 0 aliphatic heterocycles. The lowest BCUT2D eigenvalue weighted by atomic mass is 10.2. The molecule has 16 heavy (non-hydrogen) atoms. The average molecular weight is 229 g/mol. The minimum absolute atomic E-state index is 0.0775. The molecular weight excluding hydrogens is 212 g/mol. The first-order chi connectivity index (χ1) is 7.65. The predicted octanol–water partition coefficient (Wildman–Crippen LogP) is 2.51. The van der Waals surface area contributed by atoms with Crippen molar-refractivity contribution in [1.29, 1.82) is 0 Å². The van der Waals surface area contributed by atoms with E-state index in [9.17, 15) is 8.78 Å². The van der Waals surface area contributed by atoms with Crippen molar-refractivity contribution in [3.63, 3.8) is 0 Å². The maximum atomic E-state index is 13.0. The van der Waals surface area contributed by atoms with Crippen LogP contribution in [-0.2, 0) is 6.54 Å². The van der Waals surface area contributed by atoms with E-state index in [1.807, 2.05) is 6.92 Å². The summed E-state index contributed by atoms with van der Waals surface area (Å²) >= 11 is 0. The second kappa shape index (κ2) is 4.49. The second-order valence-corrected chi connectivity index (χ2v) is 4.41.